The Morgan fingerprint density at radius 3 is 1.86 bits per heavy atom. The average Bonchev–Trinajstić information content (AvgIpc) is 2.69. The van der Waals surface area contributed by atoms with Crippen LogP contribution in [0.25, 0.3) is 11.1 Å². The smallest absolute Gasteiger partial charge is 0.331 e. The van der Waals surface area contributed by atoms with Crippen LogP contribution in [0.5, 0.6) is 11.5 Å². The first-order valence-electron chi connectivity index (χ1n) is 9.51. The van der Waals surface area contributed by atoms with Crippen molar-refractivity contribution < 1.29 is 23.8 Å². The standard InChI is InChI=1S/C24H26O5/c1-5-27-23(25)14-17(3)19-10-12-21(13-11-19)29-22-9-7-8-20(16-22)18(4)15-24(26)28-6-2/h7-16H,5-6H2,1-4H3/b17-14+,18-15+. The summed E-state index contributed by atoms with van der Waals surface area (Å²) in [5.74, 6) is 0.610. The lowest BCUT2D eigenvalue weighted by molar-refractivity contribution is -0.138. The van der Waals surface area contributed by atoms with Gasteiger partial charge in [0.05, 0.1) is 13.2 Å². The summed E-state index contributed by atoms with van der Waals surface area (Å²) in [4.78, 5) is 23.2. The fraction of sp³-hybridized carbons (Fsp3) is 0.250. The zero-order chi connectivity index (χ0) is 21.2. The molecule has 5 nitrogen and oxygen atoms in total. The number of hydrogen-bond acceptors (Lipinski definition) is 5. The molecule has 0 bridgehead atoms. The predicted molar refractivity (Wildman–Crippen MR) is 114 cm³/mol. The van der Waals surface area contributed by atoms with Gasteiger partial charge in [-0.25, -0.2) is 9.59 Å². The molecule has 0 unspecified atom stereocenters. The molecule has 0 aromatic heterocycles. The monoisotopic (exact) mass is 394 g/mol. The van der Waals surface area contributed by atoms with E-state index in [1.807, 2.05) is 62.4 Å². The lowest BCUT2D eigenvalue weighted by atomic mass is 10.1. The summed E-state index contributed by atoms with van der Waals surface area (Å²) < 4.78 is 15.8. The summed E-state index contributed by atoms with van der Waals surface area (Å²) in [5, 5.41) is 0. The molecule has 0 aliphatic heterocycles. The molecular formula is C24H26O5. The third-order valence-electron chi connectivity index (χ3n) is 4.08. The van der Waals surface area contributed by atoms with E-state index < -0.39 is 0 Å². The molecule has 29 heavy (non-hydrogen) atoms. The third kappa shape index (κ3) is 6.96. The van der Waals surface area contributed by atoms with Crippen molar-refractivity contribution in [2.45, 2.75) is 27.7 Å². The Morgan fingerprint density at radius 2 is 1.31 bits per heavy atom. The molecule has 5 heteroatoms. The van der Waals surface area contributed by atoms with E-state index >= 15 is 0 Å². The summed E-state index contributed by atoms with van der Waals surface area (Å²) in [6.45, 7) is 7.95. The van der Waals surface area contributed by atoms with Gasteiger partial charge in [-0.2, -0.15) is 0 Å². The van der Waals surface area contributed by atoms with Crippen LogP contribution in [-0.2, 0) is 19.1 Å². The SMILES string of the molecule is CCOC(=O)/C=C(\C)c1ccc(Oc2cccc(/C(C)=C/C(=O)OCC)c2)cc1. The van der Waals surface area contributed by atoms with Crippen molar-refractivity contribution >= 4 is 23.1 Å². The highest BCUT2D eigenvalue weighted by molar-refractivity contribution is 5.91. The number of hydrogen-bond donors (Lipinski definition) is 0. The van der Waals surface area contributed by atoms with E-state index in [0.717, 1.165) is 22.3 Å². The van der Waals surface area contributed by atoms with Crippen molar-refractivity contribution in [1.82, 2.24) is 0 Å². The van der Waals surface area contributed by atoms with Crippen LogP contribution < -0.4 is 4.74 Å². The van der Waals surface area contributed by atoms with Gasteiger partial charge in [0, 0.05) is 12.2 Å². The Balaban J connectivity index is 2.11. The largest absolute Gasteiger partial charge is 0.463 e. The zero-order valence-corrected chi connectivity index (χ0v) is 17.2. The molecule has 0 saturated heterocycles. The molecule has 0 N–H and O–H groups in total. The molecule has 0 radical (unpaired) electrons. The summed E-state index contributed by atoms with van der Waals surface area (Å²) in [5.41, 5.74) is 3.40. The van der Waals surface area contributed by atoms with Gasteiger partial charge in [0.1, 0.15) is 11.5 Å². The second-order valence-electron chi connectivity index (χ2n) is 6.31. The second-order valence-corrected chi connectivity index (χ2v) is 6.31. The van der Waals surface area contributed by atoms with Gasteiger partial charge in [0.15, 0.2) is 0 Å². The van der Waals surface area contributed by atoms with E-state index in [2.05, 4.69) is 0 Å². The van der Waals surface area contributed by atoms with Crippen molar-refractivity contribution in [2.75, 3.05) is 13.2 Å². The van der Waals surface area contributed by atoms with Gasteiger partial charge in [-0.05, 0) is 74.2 Å². The van der Waals surface area contributed by atoms with Crippen LogP contribution in [0.4, 0.5) is 0 Å². The van der Waals surface area contributed by atoms with Crippen molar-refractivity contribution in [2.24, 2.45) is 0 Å². The Hall–Kier alpha value is -3.34. The minimum Gasteiger partial charge on any atom is -0.463 e. The topological polar surface area (TPSA) is 61.8 Å². The van der Waals surface area contributed by atoms with E-state index in [1.165, 1.54) is 12.2 Å². The number of carbonyl (C=O) groups excluding carboxylic acids is 2. The molecule has 0 fully saturated rings. The van der Waals surface area contributed by atoms with Gasteiger partial charge in [0.2, 0.25) is 0 Å². The summed E-state index contributed by atoms with van der Waals surface area (Å²) in [7, 11) is 0. The highest BCUT2D eigenvalue weighted by Gasteiger charge is 2.05. The second kappa shape index (κ2) is 10.9. The van der Waals surface area contributed by atoms with Crippen LogP contribution in [0.2, 0.25) is 0 Å². The minimum absolute atomic E-state index is 0.343. The van der Waals surface area contributed by atoms with Crippen molar-refractivity contribution in [3.63, 3.8) is 0 Å². The van der Waals surface area contributed by atoms with Crippen LogP contribution in [0.1, 0.15) is 38.8 Å². The highest BCUT2D eigenvalue weighted by Crippen LogP contribution is 2.26. The maximum absolute atomic E-state index is 11.6. The first-order valence-corrected chi connectivity index (χ1v) is 9.51. The lowest BCUT2D eigenvalue weighted by Crippen LogP contribution is -2.00. The molecule has 0 aliphatic carbocycles. The maximum atomic E-state index is 11.6. The molecule has 0 saturated carbocycles. The zero-order valence-electron chi connectivity index (χ0n) is 17.2. The number of benzene rings is 2. The van der Waals surface area contributed by atoms with Crippen LogP contribution in [0.15, 0.2) is 60.7 Å². The fourth-order valence-electron chi connectivity index (χ4n) is 2.61. The van der Waals surface area contributed by atoms with Gasteiger partial charge < -0.3 is 14.2 Å². The number of ether oxygens (including phenoxy) is 3. The van der Waals surface area contributed by atoms with Crippen molar-refractivity contribution in [1.29, 1.82) is 0 Å². The third-order valence-corrected chi connectivity index (χ3v) is 4.08. The van der Waals surface area contributed by atoms with Crippen LogP contribution in [0, 0.1) is 0 Å². The normalized spacial score (nSPS) is 11.7. The molecule has 2 rings (SSSR count). The van der Waals surface area contributed by atoms with Gasteiger partial charge >= 0.3 is 11.9 Å². The summed E-state index contributed by atoms with van der Waals surface area (Å²) in [6, 6.07) is 14.9. The highest BCUT2D eigenvalue weighted by atomic mass is 16.5. The molecule has 0 aliphatic rings. The number of carbonyl (C=O) groups is 2. The average molecular weight is 394 g/mol. The minimum atomic E-state index is -0.363. The molecule has 0 spiro atoms. The first kappa shape index (κ1) is 22.0. The van der Waals surface area contributed by atoms with Crippen LogP contribution in [0.3, 0.4) is 0 Å². The molecular weight excluding hydrogens is 368 g/mol. The fourth-order valence-corrected chi connectivity index (χ4v) is 2.61. The van der Waals surface area contributed by atoms with E-state index in [1.54, 1.807) is 13.8 Å². The maximum Gasteiger partial charge on any atom is 0.331 e. The number of rotatable bonds is 8. The molecule has 152 valence electrons. The molecule has 0 amide bonds. The van der Waals surface area contributed by atoms with E-state index in [-0.39, 0.29) is 11.9 Å². The lowest BCUT2D eigenvalue weighted by Gasteiger charge is -2.09. The van der Waals surface area contributed by atoms with Gasteiger partial charge in [-0.3, -0.25) is 0 Å². The van der Waals surface area contributed by atoms with E-state index in [9.17, 15) is 9.59 Å². The van der Waals surface area contributed by atoms with E-state index in [0.29, 0.717) is 24.7 Å². The first-order chi connectivity index (χ1) is 13.9. The summed E-state index contributed by atoms with van der Waals surface area (Å²) in [6.07, 6.45) is 2.94. The number of allylic oxidation sites excluding steroid dienone is 2. The predicted octanol–water partition coefficient (Wildman–Crippen LogP) is 5.41. The van der Waals surface area contributed by atoms with Gasteiger partial charge in [-0.1, -0.05) is 24.3 Å². The van der Waals surface area contributed by atoms with Crippen LogP contribution >= 0.6 is 0 Å². The Kier molecular flexibility index (Phi) is 8.22. The molecule has 2 aromatic rings. The Labute approximate surface area is 171 Å². The molecule has 0 heterocycles. The van der Waals surface area contributed by atoms with Gasteiger partial charge in [-0.15, -0.1) is 0 Å². The Morgan fingerprint density at radius 1 is 0.759 bits per heavy atom. The molecule has 2 aromatic carbocycles. The quantitative estimate of drug-likeness (QED) is 0.442. The van der Waals surface area contributed by atoms with Crippen LogP contribution in [-0.4, -0.2) is 25.2 Å². The molecule has 0 atom stereocenters. The summed E-state index contributed by atoms with van der Waals surface area (Å²) >= 11 is 0. The van der Waals surface area contributed by atoms with E-state index in [4.69, 9.17) is 14.2 Å². The van der Waals surface area contributed by atoms with Crippen molar-refractivity contribution in [3.8, 4) is 11.5 Å². The number of esters is 2. The van der Waals surface area contributed by atoms with Gasteiger partial charge in [0.25, 0.3) is 0 Å². The van der Waals surface area contributed by atoms with Crippen molar-refractivity contribution in [3.05, 3.63) is 71.8 Å². The Bertz CT molecular complexity index is 907.